The van der Waals surface area contributed by atoms with Crippen molar-refractivity contribution in [3.63, 3.8) is 0 Å². The smallest absolute Gasteiger partial charge is 0.328 e. The third kappa shape index (κ3) is 3.48. The number of hydrogen-bond donors (Lipinski definition) is 3. The van der Waals surface area contributed by atoms with Crippen molar-refractivity contribution < 1.29 is 28.5 Å². The Morgan fingerprint density at radius 3 is 2.14 bits per heavy atom. The zero-order valence-electron chi connectivity index (χ0n) is 11.0. The Morgan fingerprint density at radius 1 is 1.14 bits per heavy atom. The molecular weight excluding hydrogens is 298 g/mol. The van der Waals surface area contributed by atoms with Crippen LogP contribution in [0.3, 0.4) is 0 Å². The normalized spacial score (nSPS) is 23.7. The average molecular weight is 313 g/mol. The molecule has 0 bridgehead atoms. The summed E-state index contributed by atoms with van der Waals surface area (Å²) in [7, 11) is -3.78. The molecule has 0 spiro atoms. The van der Waals surface area contributed by atoms with Crippen LogP contribution in [0.4, 0.5) is 0 Å². The van der Waals surface area contributed by atoms with E-state index >= 15 is 0 Å². The maximum atomic E-state index is 12.3. The molecule has 1 aromatic rings. The van der Waals surface area contributed by atoms with Gasteiger partial charge in [-0.2, -0.15) is 4.31 Å². The highest BCUT2D eigenvalue weighted by Crippen LogP contribution is 2.22. The highest BCUT2D eigenvalue weighted by molar-refractivity contribution is 7.89. The van der Waals surface area contributed by atoms with E-state index in [4.69, 9.17) is 5.11 Å². The first-order valence-corrected chi connectivity index (χ1v) is 7.62. The van der Waals surface area contributed by atoms with Crippen molar-refractivity contribution in [2.24, 2.45) is 0 Å². The molecule has 0 unspecified atom stereocenters. The number of sulfonamides is 1. The molecule has 8 heteroatoms. The number of carboxylic acids is 1. The second-order valence-electron chi connectivity index (χ2n) is 4.70. The minimum absolute atomic E-state index is 0.0243. The van der Waals surface area contributed by atoms with Crippen molar-refractivity contribution >= 4 is 22.1 Å². The lowest BCUT2D eigenvalue weighted by atomic mass is 10.2. The molecule has 0 aromatic heterocycles. The summed E-state index contributed by atoms with van der Waals surface area (Å²) in [5, 5.41) is 27.4. The van der Waals surface area contributed by atoms with Gasteiger partial charge < -0.3 is 15.3 Å². The molecule has 2 atom stereocenters. The number of aliphatic hydroxyl groups excluding tert-OH is 2. The van der Waals surface area contributed by atoms with Crippen molar-refractivity contribution in [2.75, 3.05) is 13.1 Å². The van der Waals surface area contributed by atoms with Crippen LogP contribution in [-0.2, 0) is 14.8 Å². The van der Waals surface area contributed by atoms with Gasteiger partial charge in [-0.3, -0.25) is 0 Å². The first-order valence-electron chi connectivity index (χ1n) is 6.18. The van der Waals surface area contributed by atoms with Gasteiger partial charge >= 0.3 is 5.97 Å². The molecule has 114 valence electrons. The van der Waals surface area contributed by atoms with Gasteiger partial charge in [-0.05, 0) is 23.8 Å². The van der Waals surface area contributed by atoms with E-state index in [9.17, 15) is 23.4 Å². The molecule has 1 aromatic carbocycles. The summed E-state index contributed by atoms with van der Waals surface area (Å²) in [4.78, 5) is 10.4. The fourth-order valence-electron chi connectivity index (χ4n) is 2.00. The highest BCUT2D eigenvalue weighted by Gasteiger charge is 2.37. The van der Waals surface area contributed by atoms with E-state index < -0.39 is 28.2 Å². The zero-order chi connectivity index (χ0) is 15.6. The third-order valence-corrected chi connectivity index (χ3v) is 5.01. The van der Waals surface area contributed by atoms with Gasteiger partial charge in [0.15, 0.2) is 0 Å². The molecule has 1 saturated heterocycles. The number of rotatable bonds is 4. The number of hydrogen-bond acceptors (Lipinski definition) is 5. The van der Waals surface area contributed by atoms with Crippen LogP contribution in [0, 0.1) is 0 Å². The largest absolute Gasteiger partial charge is 0.478 e. The van der Waals surface area contributed by atoms with E-state index in [0.717, 1.165) is 10.4 Å². The first kappa shape index (κ1) is 15.6. The second kappa shape index (κ2) is 5.94. The van der Waals surface area contributed by atoms with Crippen molar-refractivity contribution in [1.29, 1.82) is 0 Å². The van der Waals surface area contributed by atoms with Crippen molar-refractivity contribution in [2.45, 2.75) is 17.1 Å². The number of β-amino-alcohol motifs (C(OH)–C–C–N with tert-alkyl or cyclic N) is 2. The van der Waals surface area contributed by atoms with Crippen LogP contribution in [0.25, 0.3) is 6.08 Å². The molecular formula is C13H15NO6S. The van der Waals surface area contributed by atoms with E-state index in [1.54, 1.807) is 0 Å². The molecule has 2 rings (SSSR count). The lowest BCUT2D eigenvalue weighted by Crippen LogP contribution is -2.29. The summed E-state index contributed by atoms with van der Waals surface area (Å²) in [6.07, 6.45) is 0.133. The van der Waals surface area contributed by atoms with Crippen LogP contribution in [0.15, 0.2) is 35.2 Å². The van der Waals surface area contributed by atoms with E-state index in [0.29, 0.717) is 5.56 Å². The van der Waals surface area contributed by atoms with Crippen LogP contribution in [0.1, 0.15) is 5.56 Å². The lowest BCUT2D eigenvalue weighted by Gasteiger charge is -2.15. The maximum Gasteiger partial charge on any atom is 0.328 e. The van der Waals surface area contributed by atoms with Crippen LogP contribution in [-0.4, -0.2) is 59.3 Å². The number of carboxylic acid groups (broad SMARTS) is 1. The average Bonchev–Trinajstić information content (AvgIpc) is 2.77. The summed E-state index contributed by atoms with van der Waals surface area (Å²) < 4.78 is 25.6. The first-order chi connectivity index (χ1) is 9.80. The molecule has 1 aliphatic heterocycles. The zero-order valence-corrected chi connectivity index (χ0v) is 11.8. The highest BCUT2D eigenvalue weighted by atomic mass is 32.2. The molecule has 3 N–H and O–H groups in total. The summed E-state index contributed by atoms with van der Waals surface area (Å²) in [5.41, 5.74) is 0.554. The standard InChI is InChI=1S/C13H15NO6S/c15-11-7-14(8-12(11)16)21(19,20)10-4-1-9(2-5-10)3-6-13(17)18/h1-6,11-12,15-16H,7-8H2,(H,17,18)/b6-3+/t11-,12+. The van der Waals surface area contributed by atoms with Crippen LogP contribution < -0.4 is 0 Å². The molecule has 7 nitrogen and oxygen atoms in total. The molecule has 1 aliphatic rings. The molecule has 1 heterocycles. The minimum atomic E-state index is -3.78. The topological polar surface area (TPSA) is 115 Å². The fraction of sp³-hybridized carbons (Fsp3) is 0.308. The molecule has 0 saturated carbocycles. The molecule has 0 aliphatic carbocycles. The van der Waals surface area contributed by atoms with E-state index in [2.05, 4.69) is 0 Å². The summed E-state index contributed by atoms with van der Waals surface area (Å²) in [6, 6.07) is 5.67. The minimum Gasteiger partial charge on any atom is -0.478 e. The number of nitrogens with zero attached hydrogens (tertiary/aromatic N) is 1. The lowest BCUT2D eigenvalue weighted by molar-refractivity contribution is -0.131. The molecule has 0 amide bonds. The summed E-state index contributed by atoms with van der Waals surface area (Å²) in [6.45, 7) is -0.297. The third-order valence-electron chi connectivity index (χ3n) is 3.16. The van der Waals surface area contributed by atoms with E-state index in [-0.39, 0.29) is 18.0 Å². The van der Waals surface area contributed by atoms with Crippen LogP contribution >= 0.6 is 0 Å². The molecule has 1 fully saturated rings. The maximum absolute atomic E-state index is 12.3. The summed E-state index contributed by atoms with van der Waals surface area (Å²) >= 11 is 0. The number of carbonyl (C=O) groups is 1. The van der Waals surface area contributed by atoms with Gasteiger partial charge in [0.2, 0.25) is 10.0 Å². The van der Waals surface area contributed by atoms with Gasteiger partial charge in [0.05, 0.1) is 17.1 Å². The Labute approximate surface area is 121 Å². The Hall–Kier alpha value is -1.74. The monoisotopic (exact) mass is 313 g/mol. The van der Waals surface area contributed by atoms with E-state index in [1.165, 1.54) is 30.3 Å². The Morgan fingerprint density at radius 2 is 1.67 bits per heavy atom. The predicted octanol–water partition coefficient (Wildman–Crippen LogP) is -0.490. The van der Waals surface area contributed by atoms with Gasteiger partial charge in [-0.25, -0.2) is 13.2 Å². The van der Waals surface area contributed by atoms with E-state index in [1.807, 2.05) is 0 Å². The van der Waals surface area contributed by atoms with Crippen molar-refractivity contribution in [3.8, 4) is 0 Å². The number of aliphatic carboxylic acids is 1. The van der Waals surface area contributed by atoms with Crippen molar-refractivity contribution in [1.82, 2.24) is 4.31 Å². The SMILES string of the molecule is O=C(O)/C=C/c1ccc(S(=O)(=O)N2C[C@@H](O)[C@@H](O)C2)cc1. The molecule has 21 heavy (non-hydrogen) atoms. The van der Waals surface area contributed by atoms with Gasteiger partial charge in [-0.15, -0.1) is 0 Å². The fourth-order valence-corrected chi connectivity index (χ4v) is 3.48. The Kier molecular flexibility index (Phi) is 4.43. The Bertz CT molecular complexity index is 642. The van der Waals surface area contributed by atoms with Gasteiger partial charge in [0, 0.05) is 19.2 Å². The number of benzene rings is 1. The van der Waals surface area contributed by atoms with Crippen LogP contribution in [0.5, 0.6) is 0 Å². The van der Waals surface area contributed by atoms with Gasteiger partial charge in [-0.1, -0.05) is 12.1 Å². The van der Waals surface area contributed by atoms with Crippen molar-refractivity contribution in [3.05, 3.63) is 35.9 Å². The number of aliphatic hydroxyl groups is 2. The predicted molar refractivity (Wildman–Crippen MR) is 73.9 cm³/mol. The second-order valence-corrected chi connectivity index (χ2v) is 6.64. The summed E-state index contributed by atoms with van der Waals surface area (Å²) in [5.74, 6) is -1.09. The molecule has 0 radical (unpaired) electrons. The van der Waals surface area contributed by atoms with Crippen LogP contribution in [0.2, 0.25) is 0 Å². The van der Waals surface area contributed by atoms with Gasteiger partial charge in [0.25, 0.3) is 0 Å². The Balaban J connectivity index is 2.20. The quantitative estimate of drug-likeness (QED) is 0.646. The van der Waals surface area contributed by atoms with Gasteiger partial charge in [0.1, 0.15) is 0 Å².